The van der Waals surface area contributed by atoms with Crippen LogP contribution < -0.4 is 5.73 Å². The third-order valence-electron chi connectivity index (χ3n) is 3.72. The first-order valence-corrected chi connectivity index (χ1v) is 6.40. The van der Waals surface area contributed by atoms with Gasteiger partial charge in [0.15, 0.2) is 0 Å². The quantitative estimate of drug-likeness (QED) is 0.915. The van der Waals surface area contributed by atoms with E-state index in [0.717, 1.165) is 24.8 Å². The van der Waals surface area contributed by atoms with Gasteiger partial charge in [-0.3, -0.25) is 0 Å². The van der Waals surface area contributed by atoms with E-state index in [1.54, 1.807) is 0 Å². The maximum absolute atomic E-state index is 12.2. The summed E-state index contributed by atoms with van der Waals surface area (Å²) < 4.78 is 41.4. The van der Waals surface area contributed by atoms with Gasteiger partial charge in [-0.25, -0.2) is 0 Å². The lowest BCUT2D eigenvalue weighted by molar-refractivity contribution is -0.177. The number of fused-ring (bicyclic) bond motifs is 1. The summed E-state index contributed by atoms with van der Waals surface area (Å²) in [4.78, 5) is 0. The normalized spacial score (nSPS) is 23.2. The van der Waals surface area contributed by atoms with Crippen LogP contribution in [0.2, 0.25) is 0 Å². The molecule has 0 bridgehead atoms. The summed E-state index contributed by atoms with van der Waals surface area (Å²) in [5, 5.41) is 0. The second kappa shape index (κ2) is 5.51. The van der Waals surface area contributed by atoms with Crippen molar-refractivity contribution < 1.29 is 17.9 Å². The molecule has 1 aromatic carbocycles. The zero-order chi connectivity index (χ0) is 13.9. The largest absolute Gasteiger partial charge is 0.411 e. The van der Waals surface area contributed by atoms with Crippen molar-refractivity contribution in [1.29, 1.82) is 0 Å². The molecule has 1 aliphatic carbocycles. The lowest BCUT2D eigenvalue weighted by atomic mass is 9.70. The van der Waals surface area contributed by atoms with Gasteiger partial charge in [-0.2, -0.15) is 13.2 Å². The van der Waals surface area contributed by atoms with E-state index < -0.39 is 18.2 Å². The fourth-order valence-electron chi connectivity index (χ4n) is 2.79. The number of hydrogen-bond donors (Lipinski definition) is 1. The topological polar surface area (TPSA) is 35.2 Å². The van der Waals surface area contributed by atoms with E-state index >= 15 is 0 Å². The Hall–Kier alpha value is -1.07. The van der Waals surface area contributed by atoms with Gasteiger partial charge in [0, 0.05) is 12.0 Å². The fourth-order valence-corrected chi connectivity index (χ4v) is 2.79. The van der Waals surface area contributed by atoms with E-state index in [1.165, 1.54) is 5.56 Å². The van der Waals surface area contributed by atoms with Crippen LogP contribution in [0.3, 0.4) is 0 Å². The maximum Gasteiger partial charge on any atom is 0.411 e. The van der Waals surface area contributed by atoms with Crippen molar-refractivity contribution in [2.24, 2.45) is 5.73 Å². The predicted octanol–water partition coefficient (Wildman–Crippen LogP) is 2.80. The SMILES string of the molecule is NCC1(COCC(F)(F)F)CCCc2ccccc21. The van der Waals surface area contributed by atoms with E-state index in [4.69, 9.17) is 10.5 Å². The Bertz CT molecular complexity index is 433. The molecule has 1 atom stereocenters. The zero-order valence-corrected chi connectivity index (χ0v) is 10.7. The van der Waals surface area contributed by atoms with Crippen molar-refractivity contribution >= 4 is 0 Å². The summed E-state index contributed by atoms with van der Waals surface area (Å²) in [6, 6.07) is 7.82. The Morgan fingerprint density at radius 1 is 1.26 bits per heavy atom. The first kappa shape index (κ1) is 14.3. The molecule has 0 aromatic heterocycles. The molecule has 0 radical (unpaired) electrons. The van der Waals surface area contributed by atoms with Gasteiger partial charge in [0.1, 0.15) is 6.61 Å². The van der Waals surface area contributed by atoms with E-state index in [0.29, 0.717) is 6.54 Å². The monoisotopic (exact) mass is 273 g/mol. The highest BCUT2D eigenvalue weighted by atomic mass is 19.4. The molecule has 0 saturated heterocycles. The molecule has 2 nitrogen and oxygen atoms in total. The number of rotatable bonds is 4. The number of ether oxygens (including phenoxy) is 1. The molecule has 0 aliphatic heterocycles. The van der Waals surface area contributed by atoms with Crippen molar-refractivity contribution in [2.45, 2.75) is 30.9 Å². The van der Waals surface area contributed by atoms with Crippen LogP contribution in [-0.4, -0.2) is 25.9 Å². The van der Waals surface area contributed by atoms with Crippen molar-refractivity contribution in [2.75, 3.05) is 19.8 Å². The van der Waals surface area contributed by atoms with Crippen LogP contribution in [0.5, 0.6) is 0 Å². The fraction of sp³-hybridized carbons (Fsp3) is 0.571. The van der Waals surface area contributed by atoms with Gasteiger partial charge >= 0.3 is 6.18 Å². The second-order valence-corrected chi connectivity index (χ2v) is 5.10. The third-order valence-corrected chi connectivity index (χ3v) is 3.72. The molecule has 19 heavy (non-hydrogen) atoms. The van der Waals surface area contributed by atoms with E-state index in [1.807, 2.05) is 24.3 Å². The molecule has 1 aromatic rings. The van der Waals surface area contributed by atoms with Crippen LogP contribution in [0.1, 0.15) is 24.0 Å². The molecule has 2 N–H and O–H groups in total. The standard InChI is InChI=1S/C14H18F3NO/c15-14(16,17)10-19-9-13(8-18)7-3-5-11-4-1-2-6-12(11)13/h1-2,4,6H,3,5,7-10,18H2. The van der Waals surface area contributed by atoms with Crippen LogP contribution in [0.25, 0.3) is 0 Å². The number of nitrogens with two attached hydrogens (primary N) is 1. The Kier molecular flexibility index (Phi) is 4.16. The van der Waals surface area contributed by atoms with Crippen LogP contribution in [0.4, 0.5) is 13.2 Å². The smallest absolute Gasteiger partial charge is 0.371 e. The van der Waals surface area contributed by atoms with Crippen molar-refractivity contribution in [1.82, 2.24) is 0 Å². The summed E-state index contributed by atoms with van der Waals surface area (Å²) >= 11 is 0. The predicted molar refractivity (Wildman–Crippen MR) is 67.0 cm³/mol. The molecule has 0 amide bonds. The van der Waals surface area contributed by atoms with Crippen LogP contribution in [0, 0.1) is 0 Å². The van der Waals surface area contributed by atoms with Gasteiger partial charge in [0.2, 0.25) is 0 Å². The average Bonchev–Trinajstić information content (AvgIpc) is 2.37. The molecule has 0 heterocycles. The molecule has 1 unspecified atom stereocenters. The number of halogens is 3. The highest BCUT2D eigenvalue weighted by Crippen LogP contribution is 2.37. The number of hydrogen-bond acceptors (Lipinski definition) is 2. The molecule has 1 aliphatic rings. The first-order valence-electron chi connectivity index (χ1n) is 6.40. The molecular formula is C14H18F3NO. The molecule has 5 heteroatoms. The van der Waals surface area contributed by atoms with Crippen LogP contribution in [-0.2, 0) is 16.6 Å². The lowest BCUT2D eigenvalue weighted by Crippen LogP contribution is -2.43. The second-order valence-electron chi connectivity index (χ2n) is 5.10. The lowest BCUT2D eigenvalue weighted by Gasteiger charge is -2.38. The van der Waals surface area contributed by atoms with E-state index in [2.05, 4.69) is 0 Å². The van der Waals surface area contributed by atoms with Gasteiger partial charge in [0.25, 0.3) is 0 Å². The first-order chi connectivity index (χ1) is 8.97. The Morgan fingerprint density at radius 2 is 2.00 bits per heavy atom. The van der Waals surface area contributed by atoms with Crippen molar-refractivity contribution in [3.8, 4) is 0 Å². The van der Waals surface area contributed by atoms with Gasteiger partial charge in [-0.05, 0) is 30.4 Å². The number of alkyl halides is 3. The van der Waals surface area contributed by atoms with Gasteiger partial charge in [-0.1, -0.05) is 24.3 Å². The number of benzene rings is 1. The highest BCUT2D eigenvalue weighted by molar-refractivity contribution is 5.37. The minimum atomic E-state index is -4.29. The molecule has 106 valence electrons. The molecule has 2 rings (SSSR count). The summed E-state index contributed by atoms with van der Waals surface area (Å²) in [7, 11) is 0. The summed E-state index contributed by atoms with van der Waals surface area (Å²) in [6.07, 6.45) is -1.62. The molecular weight excluding hydrogens is 255 g/mol. The molecule has 0 fully saturated rings. The third kappa shape index (κ3) is 3.28. The number of aryl methyl sites for hydroxylation is 1. The Labute approximate surface area is 110 Å². The van der Waals surface area contributed by atoms with Gasteiger partial charge < -0.3 is 10.5 Å². The minimum absolute atomic E-state index is 0.0278. The van der Waals surface area contributed by atoms with Gasteiger partial charge in [0.05, 0.1) is 6.61 Å². The van der Waals surface area contributed by atoms with Crippen molar-refractivity contribution in [3.63, 3.8) is 0 Å². The Balaban J connectivity index is 2.15. The van der Waals surface area contributed by atoms with Crippen LogP contribution >= 0.6 is 0 Å². The van der Waals surface area contributed by atoms with Gasteiger partial charge in [-0.15, -0.1) is 0 Å². The molecule has 0 saturated carbocycles. The van der Waals surface area contributed by atoms with E-state index in [9.17, 15) is 13.2 Å². The zero-order valence-electron chi connectivity index (χ0n) is 10.7. The Morgan fingerprint density at radius 3 is 2.68 bits per heavy atom. The maximum atomic E-state index is 12.2. The van der Waals surface area contributed by atoms with Crippen LogP contribution in [0.15, 0.2) is 24.3 Å². The summed E-state index contributed by atoms with van der Waals surface area (Å²) in [5.74, 6) is 0. The molecule has 0 spiro atoms. The van der Waals surface area contributed by atoms with E-state index in [-0.39, 0.29) is 6.61 Å². The summed E-state index contributed by atoms with van der Waals surface area (Å²) in [5.41, 5.74) is 7.59. The summed E-state index contributed by atoms with van der Waals surface area (Å²) in [6.45, 7) is -0.876. The highest BCUT2D eigenvalue weighted by Gasteiger charge is 2.37. The van der Waals surface area contributed by atoms with Crippen molar-refractivity contribution in [3.05, 3.63) is 35.4 Å². The average molecular weight is 273 g/mol. The minimum Gasteiger partial charge on any atom is -0.371 e.